The van der Waals surface area contributed by atoms with E-state index in [2.05, 4.69) is 15.4 Å². The molecule has 1 atom stereocenters. The molecule has 2 aromatic rings. The Hall–Kier alpha value is -3.69. The molecule has 2 aromatic carbocycles. The van der Waals surface area contributed by atoms with E-state index in [0.29, 0.717) is 11.4 Å². The molecular formula is C19H19F2N3O5. The molecule has 2 rings (SSSR count). The maximum absolute atomic E-state index is 12.5. The van der Waals surface area contributed by atoms with Crippen molar-refractivity contribution in [2.24, 2.45) is 0 Å². The number of nitrogens with one attached hydrogen (secondary N) is 3. The number of alkyl halides is 2. The molecule has 8 nitrogen and oxygen atoms in total. The summed E-state index contributed by atoms with van der Waals surface area (Å²) in [4.78, 5) is 35.5. The summed E-state index contributed by atoms with van der Waals surface area (Å²) in [5.41, 5.74) is 1.02. The van der Waals surface area contributed by atoms with Crippen LogP contribution in [0.5, 0.6) is 5.75 Å². The van der Waals surface area contributed by atoms with E-state index in [1.165, 1.54) is 44.3 Å². The molecule has 154 valence electrons. The maximum Gasteiger partial charge on any atom is 0.387 e. The summed E-state index contributed by atoms with van der Waals surface area (Å²) in [5, 5.41) is 7.20. The largest absolute Gasteiger partial charge is 0.449 e. The van der Waals surface area contributed by atoms with Crippen molar-refractivity contribution in [2.75, 3.05) is 12.4 Å². The molecule has 0 radical (unpaired) electrons. The highest BCUT2D eigenvalue weighted by Crippen LogP contribution is 2.24. The predicted molar refractivity (Wildman–Crippen MR) is 100 cm³/mol. The first-order valence-electron chi connectivity index (χ1n) is 8.44. The first-order valence-corrected chi connectivity index (χ1v) is 8.44. The molecule has 0 saturated heterocycles. The number of carbonyl (C=O) groups excluding carboxylic acids is 3. The quantitative estimate of drug-likeness (QED) is 0.610. The van der Waals surface area contributed by atoms with Crippen LogP contribution in [0.25, 0.3) is 0 Å². The predicted octanol–water partition coefficient (Wildman–Crippen LogP) is 3.03. The third-order valence-electron chi connectivity index (χ3n) is 3.62. The van der Waals surface area contributed by atoms with Gasteiger partial charge >= 0.3 is 18.6 Å². The van der Waals surface area contributed by atoms with Crippen LogP contribution < -0.4 is 20.7 Å². The molecule has 0 saturated carbocycles. The molecule has 0 spiro atoms. The Kier molecular flexibility index (Phi) is 7.47. The topological polar surface area (TPSA) is 106 Å². The number of imide groups is 1. The van der Waals surface area contributed by atoms with Gasteiger partial charge in [0, 0.05) is 12.7 Å². The third kappa shape index (κ3) is 6.45. The Bertz CT molecular complexity index is 874. The van der Waals surface area contributed by atoms with Gasteiger partial charge in [-0.1, -0.05) is 12.1 Å². The molecule has 0 heterocycles. The number of benzene rings is 2. The van der Waals surface area contributed by atoms with Gasteiger partial charge in [0.2, 0.25) is 0 Å². The molecule has 0 aliphatic heterocycles. The van der Waals surface area contributed by atoms with Gasteiger partial charge in [0.1, 0.15) is 5.75 Å². The van der Waals surface area contributed by atoms with E-state index in [9.17, 15) is 23.2 Å². The van der Waals surface area contributed by atoms with Crippen molar-refractivity contribution in [1.29, 1.82) is 0 Å². The Balaban J connectivity index is 2.08. The monoisotopic (exact) mass is 407 g/mol. The van der Waals surface area contributed by atoms with Gasteiger partial charge in [-0.2, -0.15) is 8.78 Å². The van der Waals surface area contributed by atoms with E-state index in [-0.39, 0.29) is 11.3 Å². The van der Waals surface area contributed by atoms with Crippen LogP contribution in [0.3, 0.4) is 0 Å². The van der Waals surface area contributed by atoms with Gasteiger partial charge in [-0.15, -0.1) is 0 Å². The zero-order chi connectivity index (χ0) is 21.4. The van der Waals surface area contributed by atoms with Crippen molar-refractivity contribution >= 4 is 29.3 Å². The number of urea groups is 1. The van der Waals surface area contributed by atoms with Crippen LogP contribution in [0.2, 0.25) is 0 Å². The van der Waals surface area contributed by atoms with E-state index in [0.717, 1.165) is 0 Å². The van der Waals surface area contributed by atoms with Crippen molar-refractivity contribution in [1.82, 2.24) is 10.6 Å². The first-order chi connectivity index (χ1) is 13.8. The third-order valence-corrected chi connectivity index (χ3v) is 3.62. The number of rotatable bonds is 7. The number of amides is 3. The van der Waals surface area contributed by atoms with Crippen molar-refractivity contribution in [2.45, 2.75) is 19.6 Å². The van der Waals surface area contributed by atoms with Crippen molar-refractivity contribution in [3.8, 4) is 5.75 Å². The normalized spacial score (nSPS) is 11.3. The van der Waals surface area contributed by atoms with Gasteiger partial charge in [-0.05, 0) is 43.3 Å². The molecule has 0 fully saturated rings. The standard InChI is InChI=1S/C19H19F2N3O5/c1-11(16(25)24-19(27)22-2)28-17(26)14-5-3-4-6-15(14)23-12-7-9-13(10-8-12)29-18(20)21/h3-11,18,23H,1-2H3,(H2,22,24,25,27)/t11-/m0/s1. The van der Waals surface area contributed by atoms with Gasteiger partial charge in [0.05, 0.1) is 11.3 Å². The van der Waals surface area contributed by atoms with E-state index in [4.69, 9.17) is 4.74 Å². The average Bonchev–Trinajstić information content (AvgIpc) is 2.69. The van der Waals surface area contributed by atoms with Gasteiger partial charge < -0.3 is 20.1 Å². The number of para-hydroxylation sites is 1. The highest BCUT2D eigenvalue weighted by molar-refractivity contribution is 6.00. The minimum absolute atomic E-state index is 0.00537. The number of halogens is 2. The highest BCUT2D eigenvalue weighted by Gasteiger charge is 2.22. The fraction of sp³-hybridized carbons (Fsp3) is 0.211. The molecule has 0 aliphatic rings. The fourth-order valence-corrected chi connectivity index (χ4v) is 2.20. The molecule has 3 N–H and O–H groups in total. The van der Waals surface area contributed by atoms with Crippen molar-refractivity contribution < 1.29 is 32.6 Å². The number of esters is 1. The summed E-state index contributed by atoms with van der Waals surface area (Å²) in [7, 11) is 1.34. The van der Waals surface area contributed by atoms with Gasteiger partial charge in [0.25, 0.3) is 5.91 Å². The molecule has 3 amide bonds. The second kappa shape index (κ2) is 10.0. The Morgan fingerprint density at radius 1 is 1.00 bits per heavy atom. The van der Waals surface area contributed by atoms with Crippen LogP contribution in [0.15, 0.2) is 48.5 Å². The van der Waals surface area contributed by atoms with Gasteiger partial charge in [-0.3, -0.25) is 10.1 Å². The van der Waals surface area contributed by atoms with E-state index >= 15 is 0 Å². The first kappa shape index (κ1) is 21.6. The van der Waals surface area contributed by atoms with Crippen LogP contribution in [0.1, 0.15) is 17.3 Å². The number of hydrogen-bond acceptors (Lipinski definition) is 6. The van der Waals surface area contributed by atoms with E-state index in [1.54, 1.807) is 18.2 Å². The Labute approximate surface area is 165 Å². The minimum Gasteiger partial charge on any atom is -0.449 e. The van der Waals surface area contributed by atoms with Gasteiger partial charge in [0.15, 0.2) is 6.10 Å². The van der Waals surface area contributed by atoms with Crippen molar-refractivity contribution in [3.63, 3.8) is 0 Å². The van der Waals surface area contributed by atoms with E-state index < -0.39 is 30.6 Å². The van der Waals surface area contributed by atoms with Crippen LogP contribution in [-0.2, 0) is 9.53 Å². The summed E-state index contributed by atoms with van der Waals surface area (Å²) < 4.78 is 33.8. The molecule has 29 heavy (non-hydrogen) atoms. The van der Waals surface area contributed by atoms with Crippen LogP contribution >= 0.6 is 0 Å². The molecule has 0 aliphatic carbocycles. The smallest absolute Gasteiger partial charge is 0.387 e. The van der Waals surface area contributed by atoms with E-state index in [1.807, 2.05) is 5.32 Å². The number of ether oxygens (including phenoxy) is 2. The average molecular weight is 407 g/mol. The Morgan fingerprint density at radius 3 is 2.28 bits per heavy atom. The fourth-order valence-electron chi connectivity index (χ4n) is 2.20. The number of hydrogen-bond donors (Lipinski definition) is 3. The SMILES string of the molecule is CNC(=O)NC(=O)[C@H](C)OC(=O)c1ccccc1Nc1ccc(OC(F)F)cc1. The summed E-state index contributed by atoms with van der Waals surface area (Å²) in [5.74, 6) is -1.57. The van der Waals surface area contributed by atoms with Crippen LogP contribution in [0.4, 0.5) is 25.0 Å². The lowest BCUT2D eigenvalue weighted by atomic mass is 10.1. The molecule has 0 bridgehead atoms. The molecule has 0 aromatic heterocycles. The summed E-state index contributed by atoms with van der Waals surface area (Å²) in [6.45, 7) is -1.60. The van der Waals surface area contributed by atoms with Crippen molar-refractivity contribution in [3.05, 3.63) is 54.1 Å². The molecule has 10 heteroatoms. The summed E-state index contributed by atoms with van der Waals surface area (Å²) in [6, 6.07) is 11.3. The maximum atomic E-state index is 12.5. The highest BCUT2D eigenvalue weighted by atomic mass is 19.3. The summed E-state index contributed by atoms with van der Waals surface area (Å²) in [6.07, 6.45) is -1.21. The second-order valence-corrected chi connectivity index (χ2v) is 5.69. The molecular weight excluding hydrogens is 388 g/mol. The van der Waals surface area contributed by atoms with Gasteiger partial charge in [-0.25, -0.2) is 9.59 Å². The Morgan fingerprint density at radius 2 is 1.66 bits per heavy atom. The number of anilines is 2. The zero-order valence-electron chi connectivity index (χ0n) is 15.6. The number of carbonyl (C=O) groups is 3. The lowest BCUT2D eigenvalue weighted by molar-refractivity contribution is -0.127. The minimum atomic E-state index is -2.92. The second-order valence-electron chi connectivity index (χ2n) is 5.69. The lowest BCUT2D eigenvalue weighted by Gasteiger charge is -2.15. The zero-order valence-corrected chi connectivity index (χ0v) is 15.6. The summed E-state index contributed by atoms with van der Waals surface area (Å²) >= 11 is 0. The van der Waals surface area contributed by atoms with Crippen LogP contribution in [-0.4, -0.2) is 37.7 Å². The van der Waals surface area contributed by atoms with Crippen LogP contribution in [0, 0.1) is 0 Å². The molecule has 0 unspecified atom stereocenters. The lowest BCUT2D eigenvalue weighted by Crippen LogP contribution is -2.43.